The molecule has 3 heterocycles. The quantitative estimate of drug-likeness (QED) is 0.671. The molecule has 9 heteroatoms. The lowest BCUT2D eigenvalue weighted by Gasteiger charge is -2.37. The molecule has 0 radical (unpaired) electrons. The first-order valence-electron chi connectivity index (χ1n) is 10.7. The Morgan fingerprint density at radius 3 is 2.16 bits per heavy atom. The second-order valence-electron chi connectivity index (χ2n) is 8.83. The largest absolute Gasteiger partial charge is 0.374 e. The van der Waals surface area contributed by atoms with E-state index in [9.17, 15) is 17.6 Å². The van der Waals surface area contributed by atoms with E-state index < -0.39 is 21.1 Å². The summed E-state index contributed by atoms with van der Waals surface area (Å²) in [4.78, 5) is 15.2. The predicted molar refractivity (Wildman–Crippen MR) is 119 cm³/mol. The molecule has 1 spiro atoms. The summed E-state index contributed by atoms with van der Waals surface area (Å²) in [6.45, 7) is 1.24. The van der Waals surface area contributed by atoms with Crippen LogP contribution in [0.1, 0.15) is 24.8 Å². The van der Waals surface area contributed by atoms with Gasteiger partial charge in [-0.1, -0.05) is 35.9 Å². The molecule has 3 aliphatic heterocycles. The van der Waals surface area contributed by atoms with Crippen molar-refractivity contribution in [2.45, 2.75) is 29.8 Å². The van der Waals surface area contributed by atoms with Crippen LogP contribution in [-0.4, -0.2) is 51.5 Å². The Kier molecular flexibility index (Phi) is 5.32. The highest BCUT2D eigenvalue weighted by Gasteiger charge is 2.50. The van der Waals surface area contributed by atoms with Crippen molar-refractivity contribution in [2.24, 2.45) is 5.41 Å². The maximum atomic E-state index is 14.5. The molecule has 32 heavy (non-hydrogen) atoms. The van der Waals surface area contributed by atoms with Gasteiger partial charge in [0.2, 0.25) is 15.9 Å². The summed E-state index contributed by atoms with van der Waals surface area (Å²) < 4.78 is 47.0. The lowest BCUT2D eigenvalue weighted by atomic mass is 9.77. The Morgan fingerprint density at radius 1 is 0.938 bits per heavy atom. The number of carbonyl (C=O) groups is 1. The predicted octanol–water partition coefficient (Wildman–Crippen LogP) is 3.74. The van der Waals surface area contributed by atoms with E-state index >= 15 is 0 Å². The summed E-state index contributed by atoms with van der Waals surface area (Å²) >= 11 is 6.11. The molecule has 2 aromatic rings. The van der Waals surface area contributed by atoms with Crippen LogP contribution >= 0.6 is 11.6 Å². The average molecular weight is 479 g/mol. The van der Waals surface area contributed by atoms with Crippen molar-refractivity contribution >= 4 is 33.2 Å². The number of sulfonamides is 1. The van der Waals surface area contributed by atoms with Crippen LogP contribution in [0.25, 0.3) is 0 Å². The number of carbonyl (C=O) groups excluding carboxylic acids is 1. The van der Waals surface area contributed by atoms with Gasteiger partial charge in [-0.25, -0.2) is 12.8 Å². The molecular weight excluding hydrogens is 455 g/mol. The molecule has 6 nitrogen and oxygen atoms in total. The molecule has 2 aromatic carbocycles. The molecule has 5 rings (SSSR count). The fraction of sp³-hybridized carbons (Fsp3) is 0.435. The molecule has 0 bridgehead atoms. The van der Waals surface area contributed by atoms with Crippen LogP contribution in [0.5, 0.6) is 0 Å². The Hall–Kier alpha value is -2.00. The average Bonchev–Trinajstić information content (AvgIpc) is 3.08. The van der Waals surface area contributed by atoms with Crippen molar-refractivity contribution in [3.05, 3.63) is 59.1 Å². The molecule has 3 fully saturated rings. The Labute approximate surface area is 192 Å². The molecule has 170 valence electrons. The normalized spacial score (nSPS) is 22.8. The molecular formula is C23H24ClFN2O4S. The van der Waals surface area contributed by atoms with Crippen LogP contribution in [0.2, 0.25) is 5.02 Å². The number of hydrogen-bond donors (Lipinski definition) is 0. The number of rotatable bonds is 4. The topological polar surface area (TPSA) is 66.9 Å². The standard InChI is InChI=1S/C23H24ClFN2O4S/c24-19-3-1-2-4-20(19)32(29,30)26-12-9-22(10-13-26)11-14-27(21(22)28)18-7-5-17(6-8-18)23(25)15-31-16-23/h1-8H,9-16H2. The SMILES string of the molecule is O=C1N(c2ccc(C3(F)COC3)cc2)CCC12CCN(S(=O)(=O)c1ccccc1Cl)CC2. The lowest BCUT2D eigenvalue weighted by molar-refractivity contribution is -0.135. The van der Waals surface area contributed by atoms with E-state index in [1.54, 1.807) is 47.4 Å². The minimum absolute atomic E-state index is 0.0157. The van der Waals surface area contributed by atoms with E-state index in [1.807, 2.05) is 0 Å². The van der Waals surface area contributed by atoms with Crippen molar-refractivity contribution in [1.82, 2.24) is 4.31 Å². The van der Waals surface area contributed by atoms with Gasteiger partial charge >= 0.3 is 0 Å². The summed E-state index contributed by atoms with van der Waals surface area (Å²) in [6.07, 6.45) is 1.61. The first-order valence-corrected chi connectivity index (χ1v) is 12.5. The third kappa shape index (κ3) is 3.44. The second-order valence-corrected chi connectivity index (χ2v) is 11.1. The van der Waals surface area contributed by atoms with Gasteiger partial charge in [-0.05, 0) is 49.1 Å². The highest BCUT2D eigenvalue weighted by atomic mass is 35.5. The summed E-state index contributed by atoms with van der Waals surface area (Å²) in [5.41, 5.74) is -0.694. The molecule has 0 aliphatic carbocycles. The minimum Gasteiger partial charge on any atom is -0.374 e. The van der Waals surface area contributed by atoms with E-state index in [-0.39, 0.29) is 42.1 Å². The number of hydrogen-bond acceptors (Lipinski definition) is 4. The zero-order chi connectivity index (χ0) is 22.6. The number of piperidine rings is 1. The first kappa shape index (κ1) is 21.8. The number of nitrogens with zero attached hydrogens (tertiary/aromatic N) is 2. The fourth-order valence-electron chi connectivity index (χ4n) is 4.87. The maximum Gasteiger partial charge on any atom is 0.244 e. The zero-order valence-corrected chi connectivity index (χ0v) is 19.0. The summed E-state index contributed by atoms with van der Waals surface area (Å²) in [5.74, 6) is 0.0157. The third-order valence-corrected chi connectivity index (χ3v) is 9.40. The van der Waals surface area contributed by atoms with Crippen molar-refractivity contribution < 1.29 is 22.3 Å². The highest BCUT2D eigenvalue weighted by Crippen LogP contribution is 2.44. The highest BCUT2D eigenvalue weighted by molar-refractivity contribution is 7.89. The second kappa shape index (κ2) is 7.80. The van der Waals surface area contributed by atoms with Crippen molar-refractivity contribution in [3.63, 3.8) is 0 Å². The monoisotopic (exact) mass is 478 g/mol. The van der Waals surface area contributed by atoms with E-state index in [0.29, 0.717) is 31.4 Å². The van der Waals surface area contributed by atoms with Crippen LogP contribution in [-0.2, 0) is 25.2 Å². The number of amides is 1. The van der Waals surface area contributed by atoms with E-state index in [2.05, 4.69) is 0 Å². The summed E-state index contributed by atoms with van der Waals surface area (Å²) in [5, 5.41) is 0.197. The van der Waals surface area contributed by atoms with Gasteiger partial charge in [0.25, 0.3) is 0 Å². The molecule has 0 atom stereocenters. The maximum absolute atomic E-state index is 14.5. The minimum atomic E-state index is -3.71. The van der Waals surface area contributed by atoms with Crippen LogP contribution in [0.4, 0.5) is 10.1 Å². The van der Waals surface area contributed by atoms with Crippen LogP contribution in [0.3, 0.4) is 0 Å². The molecule has 3 saturated heterocycles. The number of ether oxygens (including phenoxy) is 1. The summed E-state index contributed by atoms with van der Waals surface area (Å²) in [6, 6.07) is 13.4. The number of halogens is 2. The van der Waals surface area contributed by atoms with Gasteiger partial charge in [0.05, 0.1) is 23.7 Å². The number of alkyl halides is 1. The zero-order valence-electron chi connectivity index (χ0n) is 17.5. The number of benzene rings is 2. The van der Waals surface area contributed by atoms with Crippen molar-refractivity contribution in [1.29, 1.82) is 0 Å². The molecule has 0 unspecified atom stereocenters. The summed E-state index contributed by atoms with van der Waals surface area (Å²) in [7, 11) is -3.71. The van der Waals surface area contributed by atoms with E-state index in [4.69, 9.17) is 16.3 Å². The van der Waals surface area contributed by atoms with Crippen molar-refractivity contribution in [3.8, 4) is 0 Å². The smallest absolute Gasteiger partial charge is 0.244 e. The fourth-order valence-corrected chi connectivity index (χ4v) is 6.80. The van der Waals surface area contributed by atoms with Gasteiger partial charge in [-0.15, -0.1) is 0 Å². The Balaban J connectivity index is 1.29. The van der Waals surface area contributed by atoms with Crippen LogP contribution in [0.15, 0.2) is 53.4 Å². The van der Waals surface area contributed by atoms with Crippen LogP contribution in [0, 0.1) is 5.41 Å². The van der Waals surface area contributed by atoms with E-state index in [1.165, 1.54) is 10.4 Å². The Bertz CT molecular complexity index is 1140. The Morgan fingerprint density at radius 2 is 1.56 bits per heavy atom. The van der Waals surface area contributed by atoms with Gasteiger partial charge in [0, 0.05) is 25.3 Å². The van der Waals surface area contributed by atoms with Crippen molar-refractivity contribution in [2.75, 3.05) is 37.7 Å². The van der Waals surface area contributed by atoms with Gasteiger partial charge in [0.1, 0.15) is 4.90 Å². The third-order valence-electron chi connectivity index (χ3n) is 7.00. The van der Waals surface area contributed by atoms with Gasteiger partial charge < -0.3 is 9.64 Å². The molecule has 0 N–H and O–H groups in total. The lowest BCUT2D eigenvalue weighted by Crippen LogP contribution is -2.46. The van der Waals surface area contributed by atoms with Crippen LogP contribution < -0.4 is 4.90 Å². The van der Waals surface area contributed by atoms with Gasteiger partial charge in [-0.3, -0.25) is 4.79 Å². The molecule has 0 aromatic heterocycles. The van der Waals surface area contributed by atoms with Gasteiger partial charge in [-0.2, -0.15) is 4.31 Å². The molecule has 0 saturated carbocycles. The molecule has 3 aliphatic rings. The number of anilines is 1. The van der Waals surface area contributed by atoms with E-state index in [0.717, 1.165) is 5.69 Å². The first-order chi connectivity index (χ1) is 15.3. The molecule has 1 amide bonds. The van der Waals surface area contributed by atoms with Gasteiger partial charge in [0.15, 0.2) is 5.67 Å².